The molecule has 1 atom stereocenters. The highest BCUT2D eigenvalue weighted by molar-refractivity contribution is 6.31. The van der Waals surface area contributed by atoms with Crippen molar-refractivity contribution < 1.29 is 19.1 Å². The van der Waals surface area contributed by atoms with E-state index >= 15 is 0 Å². The van der Waals surface area contributed by atoms with E-state index in [-0.39, 0.29) is 6.61 Å². The molecule has 0 aliphatic heterocycles. The molecule has 2 rings (SSSR count). The van der Waals surface area contributed by atoms with Crippen LogP contribution in [0, 0.1) is 6.92 Å². The van der Waals surface area contributed by atoms with Crippen molar-refractivity contribution in [3.63, 3.8) is 0 Å². The molecule has 1 amide bonds. The first-order chi connectivity index (χ1) is 12.4. The van der Waals surface area contributed by atoms with Gasteiger partial charge in [0.2, 0.25) is 0 Å². The fourth-order valence-corrected chi connectivity index (χ4v) is 2.49. The van der Waals surface area contributed by atoms with Gasteiger partial charge in [0.05, 0.1) is 0 Å². The van der Waals surface area contributed by atoms with Gasteiger partial charge in [-0.15, -0.1) is 0 Å². The van der Waals surface area contributed by atoms with E-state index in [0.29, 0.717) is 16.5 Å². The standard InChI is InChI=1S/C20H22ClNO4/c1-4-15-7-5-6-8-18(15)25-12-19(23)26-14(3)20(24)22-17-11-16(21)10-9-13(17)2/h5-11,14H,4,12H2,1-3H3,(H,22,24). The van der Waals surface area contributed by atoms with Crippen LogP contribution in [0.5, 0.6) is 5.75 Å². The van der Waals surface area contributed by atoms with Crippen molar-refractivity contribution in [2.45, 2.75) is 33.3 Å². The Morgan fingerprint density at radius 2 is 1.92 bits per heavy atom. The number of hydrogen-bond acceptors (Lipinski definition) is 4. The molecule has 0 spiro atoms. The number of carbonyl (C=O) groups is 2. The fourth-order valence-electron chi connectivity index (χ4n) is 2.32. The Morgan fingerprint density at radius 1 is 1.19 bits per heavy atom. The fraction of sp³-hybridized carbons (Fsp3) is 0.300. The number of halogens is 1. The highest BCUT2D eigenvalue weighted by Crippen LogP contribution is 2.21. The van der Waals surface area contributed by atoms with Gasteiger partial charge in [0.1, 0.15) is 5.75 Å². The summed E-state index contributed by atoms with van der Waals surface area (Å²) in [6, 6.07) is 12.7. The average molecular weight is 376 g/mol. The number of benzene rings is 2. The topological polar surface area (TPSA) is 64.6 Å². The van der Waals surface area contributed by atoms with Crippen molar-refractivity contribution in [3.8, 4) is 5.75 Å². The van der Waals surface area contributed by atoms with Crippen molar-refractivity contribution in [1.29, 1.82) is 0 Å². The highest BCUT2D eigenvalue weighted by atomic mass is 35.5. The van der Waals surface area contributed by atoms with Gasteiger partial charge in [-0.1, -0.05) is 42.8 Å². The molecule has 1 N–H and O–H groups in total. The molecule has 0 aliphatic carbocycles. The van der Waals surface area contributed by atoms with E-state index < -0.39 is 18.0 Å². The number of aryl methyl sites for hydroxylation is 2. The Labute approximate surface area is 158 Å². The zero-order chi connectivity index (χ0) is 19.1. The zero-order valence-electron chi connectivity index (χ0n) is 15.0. The van der Waals surface area contributed by atoms with Gasteiger partial charge in [-0.05, 0) is 49.6 Å². The van der Waals surface area contributed by atoms with E-state index in [4.69, 9.17) is 21.1 Å². The summed E-state index contributed by atoms with van der Waals surface area (Å²) in [4.78, 5) is 24.2. The van der Waals surface area contributed by atoms with E-state index in [0.717, 1.165) is 17.5 Å². The number of ether oxygens (including phenoxy) is 2. The Balaban J connectivity index is 1.88. The predicted octanol–water partition coefficient (Wildman–Crippen LogP) is 4.16. The number of rotatable bonds is 7. The molecule has 6 heteroatoms. The number of carbonyl (C=O) groups excluding carboxylic acids is 2. The van der Waals surface area contributed by atoms with E-state index in [1.165, 1.54) is 6.92 Å². The second kappa shape index (κ2) is 9.25. The predicted molar refractivity (Wildman–Crippen MR) is 102 cm³/mol. The van der Waals surface area contributed by atoms with Crippen LogP contribution in [0.4, 0.5) is 5.69 Å². The maximum Gasteiger partial charge on any atom is 0.344 e. The summed E-state index contributed by atoms with van der Waals surface area (Å²) in [7, 11) is 0. The molecule has 2 aromatic rings. The lowest BCUT2D eigenvalue weighted by Crippen LogP contribution is -2.32. The summed E-state index contributed by atoms with van der Waals surface area (Å²) < 4.78 is 10.6. The van der Waals surface area contributed by atoms with Gasteiger partial charge in [0.25, 0.3) is 5.91 Å². The molecule has 2 aromatic carbocycles. The summed E-state index contributed by atoms with van der Waals surface area (Å²) in [5.41, 5.74) is 2.45. The highest BCUT2D eigenvalue weighted by Gasteiger charge is 2.19. The molecular weight excluding hydrogens is 354 g/mol. The average Bonchev–Trinajstić information content (AvgIpc) is 2.63. The lowest BCUT2D eigenvalue weighted by atomic mass is 10.1. The summed E-state index contributed by atoms with van der Waals surface area (Å²) in [5, 5.41) is 3.22. The lowest BCUT2D eigenvalue weighted by Gasteiger charge is -2.15. The third-order valence-corrected chi connectivity index (χ3v) is 4.07. The number of amides is 1. The number of hydrogen-bond donors (Lipinski definition) is 1. The van der Waals surface area contributed by atoms with Gasteiger partial charge in [0.15, 0.2) is 12.7 Å². The summed E-state index contributed by atoms with van der Waals surface area (Å²) in [6.45, 7) is 5.10. The molecule has 0 aliphatic rings. The minimum atomic E-state index is -0.953. The Kier molecular flexibility index (Phi) is 7.04. The molecule has 1 unspecified atom stereocenters. The monoisotopic (exact) mass is 375 g/mol. The first-order valence-electron chi connectivity index (χ1n) is 8.38. The van der Waals surface area contributed by atoms with Gasteiger partial charge in [0, 0.05) is 10.7 Å². The van der Waals surface area contributed by atoms with Gasteiger partial charge >= 0.3 is 5.97 Å². The van der Waals surface area contributed by atoms with E-state index in [1.807, 2.05) is 32.0 Å². The molecule has 138 valence electrons. The maximum atomic E-state index is 12.2. The third kappa shape index (κ3) is 5.49. The van der Waals surface area contributed by atoms with Crippen molar-refractivity contribution in [2.75, 3.05) is 11.9 Å². The largest absolute Gasteiger partial charge is 0.482 e. The Bertz CT molecular complexity index is 791. The summed E-state index contributed by atoms with van der Waals surface area (Å²) in [5.74, 6) is -0.405. The van der Waals surface area contributed by atoms with Gasteiger partial charge in [-0.2, -0.15) is 0 Å². The third-order valence-electron chi connectivity index (χ3n) is 3.83. The molecule has 5 nitrogen and oxygen atoms in total. The van der Waals surface area contributed by atoms with Crippen LogP contribution in [0.2, 0.25) is 5.02 Å². The van der Waals surface area contributed by atoms with E-state index in [2.05, 4.69) is 5.32 Å². The van der Waals surface area contributed by atoms with Crippen LogP contribution in [0.3, 0.4) is 0 Å². The Morgan fingerprint density at radius 3 is 2.65 bits per heavy atom. The van der Waals surface area contributed by atoms with E-state index in [1.54, 1.807) is 24.3 Å². The molecule has 0 fully saturated rings. The maximum absolute atomic E-state index is 12.2. The van der Waals surface area contributed by atoms with Crippen LogP contribution in [0.15, 0.2) is 42.5 Å². The van der Waals surface area contributed by atoms with Crippen molar-refractivity contribution in [3.05, 3.63) is 58.6 Å². The minimum absolute atomic E-state index is 0.259. The number of para-hydroxylation sites is 1. The lowest BCUT2D eigenvalue weighted by molar-refractivity contribution is -0.155. The molecule has 0 bridgehead atoms. The van der Waals surface area contributed by atoms with Gasteiger partial charge in [-0.25, -0.2) is 4.79 Å². The molecular formula is C20H22ClNO4. The molecule has 0 saturated heterocycles. The quantitative estimate of drug-likeness (QED) is 0.738. The second-order valence-electron chi connectivity index (χ2n) is 5.83. The van der Waals surface area contributed by atoms with Crippen molar-refractivity contribution >= 4 is 29.2 Å². The molecule has 0 radical (unpaired) electrons. The van der Waals surface area contributed by atoms with E-state index in [9.17, 15) is 9.59 Å². The number of esters is 1. The molecule has 0 aromatic heterocycles. The first-order valence-corrected chi connectivity index (χ1v) is 8.75. The normalized spacial score (nSPS) is 11.5. The van der Waals surface area contributed by atoms with Crippen LogP contribution in [0.1, 0.15) is 25.0 Å². The van der Waals surface area contributed by atoms with Crippen molar-refractivity contribution in [1.82, 2.24) is 0 Å². The molecule has 0 heterocycles. The summed E-state index contributed by atoms with van der Waals surface area (Å²) >= 11 is 5.94. The SMILES string of the molecule is CCc1ccccc1OCC(=O)OC(C)C(=O)Nc1cc(Cl)ccc1C. The zero-order valence-corrected chi connectivity index (χ0v) is 15.8. The number of nitrogens with one attached hydrogen (secondary N) is 1. The number of anilines is 1. The Hall–Kier alpha value is -2.53. The van der Waals surface area contributed by atoms with Crippen LogP contribution < -0.4 is 10.1 Å². The van der Waals surface area contributed by atoms with Crippen LogP contribution in [-0.2, 0) is 20.7 Å². The minimum Gasteiger partial charge on any atom is -0.482 e. The summed E-state index contributed by atoms with van der Waals surface area (Å²) in [6.07, 6.45) is -0.158. The van der Waals surface area contributed by atoms with Crippen molar-refractivity contribution in [2.24, 2.45) is 0 Å². The van der Waals surface area contributed by atoms with Crippen LogP contribution in [0.25, 0.3) is 0 Å². The smallest absolute Gasteiger partial charge is 0.344 e. The van der Waals surface area contributed by atoms with Gasteiger partial charge < -0.3 is 14.8 Å². The van der Waals surface area contributed by atoms with Gasteiger partial charge in [-0.3, -0.25) is 4.79 Å². The first kappa shape index (κ1) is 19.8. The second-order valence-corrected chi connectivity index (χ2v) is 6.27. The van der Waals surface area contributed by atoms with Crippen LogP contribution >= 0.6 is 11.6 Å². The molecule has 0 saturated carbocycles. The van der Waals surface area contributed by atoms with Crippen LogP contribution in [-0.4, -0.2) is 24.6 Å². The molecule has 26 heavy (non-hydrogen) atoms.